The molecule has 0 radical (unpaired) electrons. The van der Waals surface area contributed by atoms with Crippen molar-refractivity contribution in [2.75, 3.05) is 27.8 Å². The van der Waals surface area contributed by atoms with Gasteiger partial charge in [0.25, 0.3) is 5.91 Å². The molecule has 0 heterocycles. The quantitative estimate of drug-likeness (QED) is 0.838. The maximum absolute atomic E-state index is 11.5. The third-order valence-electron chi connectivity index (χ3n) is 2.92. The zero-order chi connectivity index (χ0) is 14.4. The molecule has 1 aromatic rings. The Morgan fingerprint density at radius 2 is 1.95 bits per heavy atom. The van der Waals surface area contributed by atoms with Gasteiger partial charge in [0.15, 0.2) is 11.5 Å². The van der Waals surface area contributed by atoms with Crippen molar-refractivity contribution in [1.82, 2.24) is 4.90 Å². The molecule has 1 N–H and O–H groups in total. The average Bonchev–Trinajstić information content (AvgIpc) is 2.43. The molecule has 1 atom stereocenters. The van der Waals surface area contributed by atoms with E-state index in [1.807, 2.05) is 18.2 Å². The Morgan fingerprint density at radius 1 is 1.32 bits per heavy atom. The Hall–Kier alpha value is -1.75. The van der Waals surface area contributed by atoms with Crippen molar-refractivity contribution in [3.63, 3.8) is 0 Å². The number of carbonyl (C=O) groups excluding carboxylic acids is 1. The van der Waals surface area contributed by atoms with Crippen LogP contribution in [0.4, 0.5) is 0 Å². The molecule has 0 aliphatic heterocycles. The van der Waals surface area contributed by atoms with Gasteiger partial charge in [-0.25, -0.2) is 0 Å². The molecule has 0 aliphatic carbocycles. The first-order valence-electron chi connectivity index (χ1n) is 6.13. The van der Waals surface area contributed by atoms with Gasteiger partial charge in [-0.2, -0.15) is 0 Å². The van der Waals surface area contributed by atoms with Crippen molar-refractivity contribution in [3.05, 3.63) is 23.8 Å². The van der Waals surface area contributed by atoms with Crippen molar-refractivity contribution in [2.24, 2.45) is 0 Å². The molecule has 1 aromatic carbocycles. The van der Waals surface area contributed by atoms with Crippen molar-refractivity contribution >= 4 is 5.91 Å². The standard InChI is InChI=1S/C14H21NO4/c1-10(16)14(17)15(2)8-7-11-5-6-12(18-3)13(9-11)19-4/h5-6,9-10,16H,7-8H2,1-4H3. The van der Waals surface area contributed by atoms with Gasteiger partial charge in [-0.3, -0.25) is 4.79 Å². The average molecular weight is 267 g/mol. The fourth-order valence-corrected chi connectivity index (χ4v) is 1.76. The number of hydrogen-bond donors (Lipinski definition) is 1. The molecule has 1 unspecified atom stereocenters. The van der Waals surface area contributed by atoms with Crippen LogP contribution in [-0.2, 0) is 11.2 Å². The molecule has 106 valence electrons. The number of aliphatic hydroxyl groups excluding tert-OH is 1. The summed E-state index contributed by atoms with van der Waals surface area (Å²) in [7, 11) is 4.85. The minimum Gasteiger partial charge on any atom is -0.493 e. The summed E-state index contributed by atoms with van der Waals surface area (Å²) in [6, 6.07) is 5.66. The Kier molecular flexibility index (Phi) is 5.63. The zero-order valence-electron chi connectivity index (χ0n) is 11.8. The minimum atomic E-state index is -0.963. The first-order chi connectivity index (χ1) is 8.99. The van der Waals surface area contributed by atoms with Gasteiger partial charge in [-0.1, -0.05) is 6.07 Å². The molecule has 19 heavy (non-hydrogen) atoms. The Balaban J connectivity index is 2.65. The smallest absolute Gasteiger partial charge is 0.250 e. The molecule has 0 spiro atoms. The summed E-state index contributed by atoms with van der Waals surface area (Å²) in [6.07, 6.45) is -0.273. The van der Waals surface area contributed by atoms with Crippen LogP contribution in [0.15, 0.2) is 18.2 Å². The number of carbonyl (C=O) groups is 1. The summed E-state index contributed by atoms with van der Waals surface area (Å²) in [5.74, 6) is 1.07. The van der Waals surface area contributed by atoms with Crippen LogP contribution in [-0.4, -0.2) is 49.8 Å². The van der Waals surface area contributed by atoms with E-state index in [1.165, 1.54) is 11.8 Å². The number of ether oxygens (including phenoxy) is 2. The molecule has 1 rings (SSSR count). The fraction of sp³-hybridized carbons (Fsp3) is 0.500. The van der Waals surface area contributed by atoms with Crippen LogP contribution in [0, 0.1) is 0 Å². The van der Waals surface area contributed by atoms with Gasteiger partial charge in [0, 0.05) is 13.6 Å². The number of benzene rings is 1. The topological polar surface area (TPSA) is 59.0 Å². The molecule has 5 heteroatoms. The Morgan fingerprint density at radius 3 is 2.47 bits per heavy atom. The van der Waals surface area contributed by atoms with Gasteiger partial charge < -0.3 is 19.5 Å². The van der Waals surface area contributed by atoms with E-state index in [0.717, 1.165) is 5.56 Å². The first-order valence-corrected chi connectivity index (χ1v) is 6.13. The van der Waals surface area contributed by atoms with E-state index in [-0.39, 0.29) is 5.91 Å². The van der Waals surface area contributed by atoms with E-state index in [2.05, 4.69) is 0 Å². The summed E-state index contributed by atoms with van der Waals surface area (Å²) >= 11 is 0. The van der Waals surface area contributed by atoms with E-state index >= 15 is 0 Å². The molecule has 0 aromatic heterocycles. The van der Waals surface area contributed by atoms with Crippen LogP contribution in [0.2, 0.25) is 0 Å². The highest BCUT2D eigenvalue weighted by molar-refractivity contribution is 5.79. The van der Waals surface area contributed by atoms with Gasteiger partial charge in [-0.05, 0) is 31.0 Å². The van der Waals surface area contributed by atoms with Gasteiger partial charge in [-0.15, -0.1) is 0 Å². The predicted molar refractivity (Wildman–Crippen MR) is 72.6 cm³/mol. The second-order valence-electron chi connectivity index (χ2n) is 4.38. The molecule has 0 aliphatic rings. The second kappa shape index (κ2) is 6.99. The van der Waals surface area contributed by atoms with Gasteiger partial charge in [0.1, 0.15) is 6.10 Å². The Labute approximate surface area is 113 Å². The number of amides is 1. The maximum Gasteiger partial charge on any atom is 0.250 e. The summed E-state index contributed by atoms with van der Waals surface area (Å²) in [4.78, 5) is 13.0. The molecule has 0 saturated heterocycles. The lowest BCUT2D eigenvalue weighted by Crippen LogP contribution is -2.35. The fourth-order valence-electron chi connectivity index (χ4n) is 1.76. The minimum absolute atomic E-state index is 0.277. The van der Waals surface area contributed by atoms with E-state index in [9.17, 15) is 9.90 Å². The number of rotatable bonds is 6. The summed E-state index contributed by atoms with van der Waals surface area (Å²) < 4.78 is 10.4. The lowest BCUT2D eigenvalue weighted by Gasteiger charge is -2.19. The van der Waals surface area contributed by atoms with Crippen molar-refractivity contribution in [2.45, 2.75) is 19.4 Å². The summed E-state index contributed by atoms with van der Waals surface area (Å²) in [5.41, 5.74) is 1.04. The largest absolute Gasteiger partial charge is 0.493 e. The molecule has 5 nitrogen and oxygen atoms in total. The predicted octanol–water partition coefficient (Wildman–Crippen LogP) is 1.09. The summed E-state index contributed by atoms with van der Waals surface area (Å²) in [6.45, 7) is 2.01. The highest BCUT2D eigenvalue weighted by Crippen LogP contribution is 2.27. The number of hydrogen-bond acceptors (Lipinski definition) is 4. The highest BCUT2D eigenvalue weighted by atomic mass is 16.5. The maximum atomic E-state index is 11.5. The first kappa shape index (κ1) is 15.3. The van der Waals surface area contributed by atoms with Gasteiger partial charge >= 0.3 is 0 Å². The second-order valence-corrected chi connectivity index (χ2v) is 4.38. The molecular formula is C14H21NO4. The van der Waals surface area contributed by atoms with Gasteiger partial charge in [0.05, 0.1) is 14.2 Å². The van der Waals surface area contributed by atoms with Crippen LogP contribution >= 0.6 is 0 Å². The van der Waals surface area contributed by atoms with E-state index in [1.54, 1.807) is 21.3 Å². The van der Waals surface area contributed by atoms with Crippen LogP contribution in [0.5, 0.6) is 11.5 Å². The third-order valence-corrected chi connectivity index (χ3v) is 2.92. The van der Waals surface area contributed by atoms with E-state index in [4.69, 9.17) is 9.47 Å². The molecule has 0 saturated carbocycles. The molecule has 1 amide bonds. The molecular weight excluding hydrogens is 246 g/mol. The van der Waals surface area contributed by atoms with E-state index in [0.29, 0.717) is 24.5 Å². The van der Waals surface area contributed by atoms with Crippen LogP contribution in [0.25, 0.3) is 0 Å². The molecule has 0 bridgehead atoms. The van der Waals surface area contributed by atoms with Crippen molar-refractivity contribution in [1.29, 1.82) is 0 Å². The number of nitrogens with zero attached hydrogens (tertiary/aromatic N) is 1. The van der Waals surface area contributed by atoms with Crippen LogP contribution < -0.4 is 9.47 Å². The zero-order valence-corrected chi connectivity index (χ0v) is 11.8. The number of methoxy groups -OCH3 is 2. The summed E-state index contributed by atoms with van der Waals surface area (Å²) in [5, 5.41) is 9.21. The number of aliphatic hydroxyl groups is 1. The third kappa shape index (κ3) is 4.13. The van der Waals surface area contributed by atoms with Crippen LogP contribution in [0.3, 0.4) is 0 Å². The lowest BCUT2D eigenvalue weighted by atomic mass is 10.1. The Bertz CT molecular complexity index is 431. The van der Waals surface area contributed by atoms with E-state index < -0.39 is 6.10 Å². The monoisotopic (exact) mass is 267 g/mol. The van der Waals surface area contributed by atoms with Crippen molar-refractivity contribution < 1.29 is 19.4 Å². The van der Waals surface area contributed by atoms with Crippen LogP contribution in [0.1, 0.15) is 12.5 Å². The molecule has 0 fully saturated rings. The SMILES string of the molecule is COc1ccc(CCN(C)C(=O)C(C)O)cc1OC. The highest BCUT2D eigenvalue weighted by Gasteiger charge is 2.14. The number of likely N-dealkylation sites (N-methyl/N-ethyl adjacent to an activating group) is 1. The normalized spacial score (nSPS) is 11.8. The van der Waals surface area contributed by atoms with Crippen molar-refractivity contribution in [3.8, 4) is 11.5 Å². The van der Waals surface area contributed by atoms with Gasteiger partial charge in [0.2, 0.25) is 0 Å². The lowest BCUT2D eigenvalue weighted by molar-refractivity contribution is -0.137.